The molecule has 0 radical (unpaired) electrons. The number of nitrogens with zero attached hydrogens (tertiary/aromatic N) is 3. The van der Waals surface area contributed by atoms with Gasteiger partial charge in [-0.1, -0.05) is 35.3 Å². The van der Waals surface area contributed by atoms with Crippen molar-refractivity contribution in [1.29, 1.82) is 0 Å². The van der Waals surface area contributed by atoms with Crippen molar-refractivity contribution in [3.8, 4) is 0 Å². The third-order valence-corrected chi connectivity index (χ3v) is 6.19. The zero-order valence-electron chi connectivity index (χ0n) is 15.4. The Morgan fingerprint density at radius 3 is 2.18 bits per heavy atom. The number of hydrogen-bond donors (Lipinski definition) is 0. The number of anilines is 2. The molecule has 150 valence electrons. The molecule has 1 aliphatic heterocycles. The van der Waals surface area contributed by atoms with Crippen LogP contribution in [-0.2, 0) is 14.8 Å². The molecule has 2 aromatic rings. The van der Waals surface area contributed by atoms with E-state index in [1.54, 1.807) is 23.1 Å². The maximum Gasteiger partial charge on any atom is 0.243 e. The minimum absolute atomic E-state index is 0.240. The topological polar surface area (TPSA) is 60.9 Å². The summed E-state index contributed by atoms with van der Waals surface area (Å²) in [5, 5.41) is 1.08. The fourth-order valence-corrected chi connectivity index (χ4v) is 4.35. The summed E-state index contributed by atoms with van der Waals surface area (Å²) in [6.45, 7) is 2.08. The van der Waals surface area contributed by atoms with Gasteiger partial charge in [0.25, 0.3) is 0 Å². The highest BCUT2D eigenvalue weighted by molar-refractivity contribution is 7.92. The summed E-state index contributed by atoms with van der Waals surface area (Å²) in [7, 11) is -3.62. The van der Waals surface area contributed by atoms with Gasteiger partial charge in [-0.25, -0.2) is 8.42 Å². The van der Waals surface area contributed by atoms with E-state index in [0.717, 1.165) is 16.2 Å². The molecule has 1 saturated heterocycles. The van der Waals surface area contributed by atoms with Crippen molar-refractivity contribution in [2.24, 2.45) is 0 Å². The first-order chi connectivity index (χ1) is 13.2. The average Bonchev–Trinajstić information content (AvgIpc) is 2.65. The highest BCUT2D eigenvalue weighted by Gasteiger charge is 2.26. The van der Waals surface area contributed by atoms with E-state index in [1.165, 1.54) is 6.07 Å². The van der Waals surface area contributed by atoms with E-state index in [9.17, 15) is 13.2 Å². The maximum absolute atomic E-state index is 12.8. The molecule has 0 saturated carbocycles. The zero-order valence-corrected chi connectivity index (χ0v) is 17.7. The lowest BCUT2D eigenvalue weighted by molar-refractivity contribution is -0.129. The first-order valence-corrected chi connectivity index (χ1v) is 11.4. The molecular formula is C19H21Cl2N3O3S. The van der Waals surface area contributed by atoms with E-state index in [4.69, 9.17) is 23.2 Å². The van der Waals surface area contributed by atoms with Crippen LogP contribution in [0.5, 0.6) is 0 Å². The van der Waals surface area contributed by atoms with E-state index >= 15 is 0 Å². The van der Waals surface area contributed by atoms with E-state index < -0.39 is 10.0 Å². The number of benzene rings is 2. The lowest BCUT2D eigenvalue weighted by atomic mass is 10.2. The average molecular weight is 442 g/mol. The number of hydrogen-bond acceptors (Lipinski definition) is 4. The molecule has 9 heteroatoms. The van der Waals surface area contributed by atoms with Crippen molar-refractivity contribution >= 4 is 50.5 Å². The number of halogens is 2. The minimum atomic E-state index is -3.62. The van der Waals surface area contributed by atoms with Crippen molar-refractivity contribution < 1.29 is 13.2 Å². The van der Waals surface area contributed by atoms with Gasteiger partial charge in [0.05, 0.1) is 11.9 Å². The molecule has 1 aliphatic rings. The molecule has 0 aliphatic carbocycles. The van der Waals surface area contributed by atoms with Crippen LogP contribution in [0, 0.1) is 0 Å². The largest absolute Gasteiger partial charge is 0.368 e. The lowest BCUT2D eigenvalue weighted by Crippen LogP contribution is -2.52. The third kappa shape index (κ3) is 5.10. The summed E-state index contributed by atoms with van der Waals surface area (Å²) < 4.78 is 25.5. The van der Waals surface area contributed by atoms with Crippen molar-refractivity contribution in [1.82, 2.24) is 4.90 Å². The molecule has 6 nitrogen and oxygen atoms in total. The summed E-state index contributed by atoms with van der Waals surface area (Å²) in [6, 6.07) is 14.1. The third-order valence-electron chi connectivity index (χ3n) is 4.58. The molecule has 2 aromatic carbocycles. The van der Waals surface area contributed by atoms with Gasteiger partial charge in [-0.3, -0.25) is 9.10 Å². The molecule has 1 heterocycles. The Morgan fingerprint density at radius 1 is 1.00 bits per heavy atom. The Bertz CT molecular complexity index is 960. The molecule has 0 bridgehead atoms. The van der Waals surface area contributed by atoms with Crippen LogP contribution in [-0.4, -0.2) is 58.2 Å². The van der Waals surface area contributed by atoms with Crippen molar-refractivity contribution in [3.05, 3.63) is 58.6 Å². The van der Waals surface area contributed by atoms with E-state index in [2.05, 4.69) is 4.90 Å². The van der Waals surface area contributed by atoms with Gasteiger partial charge in [0.2, 0.25) is 15.9 Å². The molecular weight excluding hydrogens is 421 g/mol. The van der Waals surface area contributed by atoms with Crippen LogP contribution in [0.2, 0.25) is 10.0 Å². The standard InChI is InChI=1S/C19H21Cl2N3O3S/c1-28(26,27)24(18-7-3-5-16(21)13-18)14-19(25)23-10-8-22(9-11-23)17-6-2-4-15(20)12-17/h2-7,12-13H,8-11,14H2,1H3. The van der Waals surface area contributed by atoms with Gasteiger partial charge in [0.1, 0.15) is 6.54 Å². The van der Waals surface area contributed by atoms with Gasteiger partial charge in [-0.15, -0.1) is 0 Å². The Balaban J connectivity index is 1.67. The molecule has 3 rings (SSSR count). The van der Waals surface area contributed by atoms with Crippen molar-refractivity contribution in [3.63, 3.8) is 0 Å². The van der Waals surface area contributed by atoms with Crippen LogP contribution in [0.4, 0.5) is 11.4 Å². The summed E-state index contributed by atoms with van der Waals surface area (Å²) in [6.07, 6.45) is 1.08. The Hall–Kier alpha value is -1.96. The highest BCUT2D eigenvalue weighted by Crippen LogP contribution is 2.23. The molecule has 0 aromatic heterocycles. The van der Waals surface area contributed by atoms with Crippen LogP contribution in [0.25, 0.3) is 0 Å². The normalized spacial score (nSPS) is 14.8. The van der Waals surface area contributed by atoms with Gasteiger partial charge < -0.3 is 9.80 Å². The number of sulfonamides is 1. The van der Waals surface area contributed by atoms with Crippen LogP contribution < -0.4 is 9.21 Å². The van der Waals surface area contributed by atoms with Crippen LogP contribution in [0.3, 0.4) is 0 Å². The number of carbonyl (C=O) groups is 1. The number of rotatable bonds is 5. The number of piperazine rings is 1. The second-order valence-electron chi connectivity index (χ2n) is 6.60. The Labute approximate surface area is 175 Å². The van der Waals surface area contributed by atoms with E-state index in [1.807, 2.05) is 24.3 Å². The Morgan fingerprint density at radius 2 is 1.61 bits per heavy atom. The monoisotopic (exact) mass is 441 g/mol. The second kappa shape index (κ2) is 8.59. The fourth-order valence-electron chi connectivity index (χ4n) is 3.14. The minimum Gasteiger partial charge on any atom is -0.368 e. The SMILES string of the molecule is CS(=O)(=O)N(CC(=O)N1CCN(c2cccc(Cl)c2)CC1)c1cccc(Cl)c1. The predicted octanol–water partition coefficient (Wildman–Crippen LogP) is 3.11. The van der Waals surface area contributed by atoms with Crippen molar-refractivity contribution in [2.45, 2.75) is 0 Å². The Kier molecular flexibility index (Phi) is 6.37. The first-order valence-electron chi connectivity index (χ1n) is 8.75. The van der Waals surface area contributed by atoms with E-state index in [-0.39, 0.29) is 12.5 Å². The second-order valence-corrected chi connectivity index (χ2v) is 9.38. The summed E-state index contributed by atoms with van der Waals surface area (Å²) in [4.78, 5) is 16.6. The first kappa shape index (κ1) is 20.8. The maximum atomic E-state index is 12.8. The lowest BCUT2D eigenvalue weighted by Gasteiger charge is -2.37. The van der Waals surface area contributed by atoms with Gasteiger partial charge in [-0.05, 0) is 36.4 Å². The van der Waals surface area contributed by atoms with Crippen molar-refractivity contribution in [2.75, 3.05) is 48.2 Å². The van der Waals surface area contributed by atoms with Gasteiger partial charge in [0, 0.05) is 41.9 Å². The van der Waals surface area contributed by atoms with Gasteiger partial charge in [-0.2, -0.15) is 0 Å². The molecule has 0 unspecified atom stereocenters. The van der Waals surface area contributed by atoms with Crippen LogP contribution in [0.1, 0.15) is 0 Å². The molecule has 0 spiro atoms. The van der Waals surface area contributed by atoms with Crippen LogP contribution in [0.15, 0.2) is 48.5 Å². The quantitative estimate of drug-likeness (QED) is 0.714. The summed E-state index contributed by atoms with van der Waals surface area (Å²) in [5.41, 5.74) is 1.39. The molecule has 0 atom stereocenters. The molecule has 0 N–H and O–H groups in total. The smallest absolute Gasteiger partial charge is 0.243 e. The highest BCUT2D eigenvalue weighted by atomic mass is 35.5. The fraction of sp³-hybridized carbons (Fsp3) is 0.316. The number of amides is 1. The molecule has 1 amide bonds. The molecule has 28 heavy (non-hydrogen) atoms. The molecule has 1 fully saturated rings. The number of carbonyl (C=O) groups excluding carboxylic acids is 1. The zero-order chi connectivity index (χ0) is 20.3. The van der Waals surface area contributed by atoms with Gasteiger partial charge >= 0.3 is 0 Å². The van der Waals surface area contributed by atoms with Crippen LogP contribution >= 0.6 is 23.2 Å². The van der Waals surface area contributed by atoms with E-state index in [0.29, 0.717) is 41.9 Å². The van der Waals surface area contributed by atoms with Gasteiger partial charge in [0.15, 0.2) is 0 Å². The predicted molar refractivity (Wildman–Crippen MR) is 114 cm³/mol. The summed E-state index contributed by atoms with van der Waals surface area (Å²) >= 11 is 12.0. The summed E-state index contributed by atoms with van der Waals surface area (Å²) in [5.74, 6) is -0.240.